The minimum Gasteiger partial charge on any atom is -0.445 e. The number of anilines is 1. The fourth-order valence-electron chi connectivity index (χ4n) is 1.97. The van der Waals surface area contributed by atoms with Crippen LogP contribution in [-0.4, -0.2) is 36.3 Å². The first kappa shape index (κ1) is 12.4. The smallest absolute Gasteiger partial charge is 0.246 e. The van der Waals surface area contributed by atoms with Gasteiger partial charge in [0.25, 0.3) is 0 Å². The van der Waals surface area contributed by atoms with Crippen molar-refractivity contribution >= 4 is 17.7 Å². The average Bonchev–Trinajstić information content (AvgIpc) is 2.68. The van der Waals surface area contributed by atoms with Crippen molar-refractivity contribution in [1.82, 2.24) is 4.90 Å². The normalized spacial score (nSPS) is 16.6. The number of nitrogens with zero attached hydrogens (tertiary/aromatic N) is 2. The Balaban J connectivity index is 2.12. The maximum absolute atomic E-state index is 12.0. The van der Waals surface area contributed by atoms with Gasteiger partial charge in [-0.25, -0.2) is 0 Å². The van der Waals surface area contributed by atoms with Crippen LogP contribution in [0, 0.1) is 6.92 Å². The average molecular weight is 248 g/mol. The standard InChI is InChI=1S/C13H16N2O3/c1-3-11(16)14-7-6-12(17)15(9-8-14)13-5-4-10(2)18-13/h3-5H,1,6-9H2,2H3. The first-order valence-corrected chi connectivity index (χ1v) is 5.90. The highest BCUT2D eigenvalue weighted by Gasteiger charge is 2.25. The first-order chi connectivity index (χ1) is 8.61. The van der Waals surface area contributed by atoms with Gasteiger partial charge >= 0.3 is 0 Å². The molecule has 0 saturated carbocycles. The number of carbonyl (C=O) groups is 2. The van der Waals surface area contributed by atoms with Crippen molar-refractivity contribution in [2.24, 2.45) is 0 Å². The second-order valence-electron chi connectivity index (χ2n) is 4.21. The lowest BCUT2D eigenvalue weighted by Crippen LogP contribution is -2.34. The summed E-state index contributed by atoms with van der Waals surface area (Å²) in [6, 6.07) is 3.60. The molecular formula is C13H16N2O3. The Morgan fingerprint density at radius 1 is 1.39 bits per heavy atom. The summed E-state index contributed by atoms with van der Waals surface area (Å²) in [4.78, 5) is 26.7. The molecule has 5 heteroatoms. The molecule has 0 aliphatic carbocycles. The Morgan fingerprint density at radius 3 is 2.78 bits per heavy atom. The third-order valence-electron chi connectivity index (χ3n) is 2.97. The fraction of sp³-hybridized carbons (Fsp3) is 0.385. The summed E-state index contributed by atoms with van der Waals surface area (Å²) in [5, 5.41) is 0. The highest BCUT2D eigenvalue weighted by atomic mass is 16.4. The third-order valence-corrected chi connectivity index (χ3v) is 2.97. The van der Waals surface area contributed by atoms with Gasteiger partial charge in [0.05, 0.1) is 0 Å². The molecule has 1 aromatic heterocycles. The molecule has 1 aromatic rings. The molecule has 0 spiro atoms. The van der Waals surface area contributed by atoms with Crippen molar-refractivity contribution in [2.75, 3.05) is 24.5 Å². The summed E-state index contributed by atoms with van der Waals surface area (Å²) in [6.45, 7) is 6.67. The van der Waals surface area contributed by atoms with Crippen LogP contribution < -0.4 is 4.90 Å². The summed E-state index contributed by atoms with van der Waals surface area (Å²) in [5.41, 5.74) is 0. The van der Waals surface area contributed by atoms with Crippen LogP contribution in [0.2, 0.25) is 0 Å². The van der Waals surface area contributed by atoms with Crippen LogP contribution in [-0.2, 0) is 9.59 Å². The van der Waals surface area contributed by atoms with E-state index in [9.17, 15) is 9.59 Å². The minimum absolute atomic E-state index is 0.0243. The van der Waals surface area contributed by atoms with Crippen LogP contribution in [0.5, 0.6) is 0 Å². The highest BCUT2D eigenvalue weighted by Crippen LogP contribution is 2.20. The van der Waals surface area contributed by atoms with Gasteiger partial charge in [0.15, 0.2) is 0 Å². The van der Waals surface area contributed by atoms with Crippen molar-refractivity contribution in [3.63, 3.8) is 0 Å². The molecule has 0 unspecified atom stereocenters. The van der Waals surface area contributed by atoms with E-state index in [-0.39, 0.29) is 11.8 Å². The van der Waals surface area contributed by atoms with Gasteiger partial charge in [-0.2, -0.15) is 0 Å². The zero-order valence-electron chi connectivity index (χ0n) is 10.4. The summed E-state index contributed by atoms with van der Waals surface area (Å²) in [6.07, 6.45) is 1.58. The van der Waals surface area contributed by atoms with Crippen molar-refractivity contribution in [3.05, 3.63) is 30.5 Å². The topological polar surface area (TPSA) is 53.8 Å². The maximum atomic E-state index is 12.0. The molecule has 18 heavy (non-hydrogen) atoms. The zero-order chi connectivity index (χ0) is 13.1. The number of aryl methyl sites for hydroxylation is 1. The van der Waals surface area contributed by atoms with E-state index in [1.807, 2.05) is 13.0 Å². The molecule has 1 fully saturated rings. The molecule has 2 rings (SSSR count). The SMILES string of the molecule is C=CC(=O)N1CCC(=O)N(c2ccc(C)o2)CC1. The molecule has 1 aliphatic heterocycles. The Bertz CT molecular complexity index is 478. The van der Waals surface area contributed by atoms with Crippen LogP contribution in [0.4, 0.5) is 5.88 Å². The van der Waals surface area contributed by atoms with E-state index in [0.29, 0.717) is 31.9 Å². The summed E-state index contributed by atoms with van der Waals surface area (Å²) >= 11 is 0. The van der Waals surface area contributed by atoms with Crippen LogP contribution >= 0.6 is 0 Å². The van der Waals surface area contributed by atoms with Crippen LogP contribution in [0.15, 0.2) is 29.2 Å². The lowest BCUT2D eigenvalue weighted by molar-refractivity contribution is -0.126. The summed E-state index contributed by atoms with van der Waals surface area (Å²) in [7, 11) is 0. The molecule has 5 nitrogen and oxygen atoms in total. The van der Waals surface area contributed by atoms with Gasteiger partial charge in [-0.1, -0.05) is 6.58 Å². The Labute approximate surface area is 106 Å². The van der Waals surface area contributed by atoms with Crippen LogP contribution in [0.25, 0.3) is 0 Å². The van der Waals surface area contributed by atoms with Gasteiger partial charge in [-0.15, -0.1) is 0 Å². The number of hydrogen-bond acceptors (Lipinski definition) is 3. The van der Waals surface area contributed by atoms with Gasteiger partial charge in [0.2, 0.25) is 17.7 Å². The second kappa shape index (κ2) is 5.08. The number of hydrogen-bond donors (Lipinski definition) is 0. The third kappa shape index (κ3) is 2.45. The monoisotopic (exact) mass is 248 g/mol. The molecular weight excluding hydrogens is 232 g/mol. The van der Waals surface area contributed by atoms with Crippen LogP contribution in [0.3, 0.4) is 0 Å². The molecule has 0 radical (unpaired) electrons. The Hall–Kier alpha value is -2.04. The molecule has 2 amide bonds. The molecule has 96 valence electrons. The van der Waals surface area contributed by atoms with Gasteiger partial charge in [0, 0.05) is 32.1 Å². The highest BCUT2D eigenvalue weighted by molar-refractivity contribution is 5.94. The predicted molar refractivity (Wildman–Crippen MR) is 67.2 cm³/mol. The van der Waals surface area contributed by atoms with Crippen molar-refractivity contribution in [2.45, 2.75) is 13.3 Å². The number of furan rings is 1. The molecule has 0 aromatic carbocycles. The number of amides is 2. The lowest BCUT2D eigenvalue weighted by atomic mass is 10.3. The quantitative estimate of drug-likeness (QED) is 0.742. The molecule has 1 aliphatic rings. The van der Waals surface area contributed by atoms with Gasteiger partial charge in [0.1, 0.15) is 5.76 Å². The van der Waals surface area contributed by atoms with E-state index in [4.69, 9.17) is 4.42 Å². The number of carbonyl (C=O) groups excluding carboxylic acids is 2. The van der Waals surface area contributed by atoms with E-state index in [1.54, 1.807) is 15.9 Å². The summed E-state index contributed by atoms with van der Waals surface area (Å²) in [5.74, 6) is 1.15. The fourth-order valence-corrected chi connectivity index (χ4v) is 1.97. The van der Waals surface area contributed by atoms with Crippen molar-refractivity contribution in [1.29, 1.82) is 0 Å². The molecule has 0 N–H and O–H groups in total. The Kier molecular flexibility index (Phi) is 3.50. The second-order valence-corrected chi connectivity index (χ2v) is 4.21. The largest absolute Gasteiger partial charge is 0.445 e. The molecule has 0 atom stereocenters. The van der Waals surface area contributed by atoms with Crippen LogP contribution in [0.1, 0.15) is 12.2 Å². The molecule has 2 heterocycles. The minimum atomic E-state index is -0.139. The maximum Gasteiger partial charge on any atom is 0.246 e. The summed E-state index contributed by atoms with van der Waals surface area (Å²) < 4.78 is 5.45. The Morgan fingerprint density at radius 2 is 2.17 bits per heavy atom. The van der Waals surface area contributed by atoms with E-state index in [1.165, 1.54) is 6.08 Å². The zero-order valence-corrected chi connectivity index (χ0v) is 10.4. The lowest BCUT2D eigenvalue weighted by Gasteiger charge is -2.19. The number of rotatable bonds is 2. The van der Waals surface area contributed by atoms with E-state index in [0.717, 1.165) is 5.76 Å². The van der Waals surface area contributed by atoms with Gasteiger partial charge in [-0.05, 0) is 19.1 Å². The van der Waals surface area contributed by atoms with E-state index >= 15 is 0 Å². The molecule has 1 saturated heterocycles. The molecule has 0 bridgehead atoms. The van der Waals surface area contributed by atoms with Gasteiger partial charge < -0.3 is 9.32 Å². The van der Waals surface area contributed by atoms with Gasteiger partial charge in [-0.3, -0.25) is 14.5 Å². The van der Waals surface area contributed by atoms with E-state index < -0.39 is 0 Å². The predicted octanol–water partition coefficient (Wildman–Crippen LogP) is 1.34. The van der Waals surface area contributed by atoms with Crippen molar-refractivity contribution < 1.29 is 14.0 Å². The first-order valence-electron chi connectivity index (χ1n) is 5.90. The van der Waals surface area contributed by atoms with E-state index in [2.05, 4.69) is 6.58 Å². The van der Waals surface area contributed by atoms with Crippen molar-refractivity contribution in [3.8, 4) is 0 Å².